The first-order chi connectivity index (χ1) is 14.6. The van der Waals surface area contributed by atoms with Gasteiger partial charge in [-0.25, -0.2) is 0 Å². The third-order valence-electron chi connectivity index (χ3n) is 5.45. The molecule has 1 amide bonds. The molecule has 1 aliphatic rings. The summed E-state index contributed by atoms with van der Waals surface area (Å²) in [5.41, 5.74) is -0.301. The number of pyridine rings is 1. The Hall–Kier alpha value is -1.76. The van der Waals surface area contributed by atoms with Crippen LogP contribution in [0, 0.1) is 5.41 Å². The van der Waals surface area contributed by atoms with Crippen molar-refractivity contribution in [1.29, 1.82) is 0 Å². The van der Waals surface area contributed by atoms with Crippen LogP contribution in [0.15, 0.2) is 16.9 Å². The van der Waals surface area contributed by atoms with Crippen LogP contribution >= 0.6 is 23.2 Å². The molecule has 1 saturated heterocycles. The average Bonchev–Trinajstić information content (AvgIpc) is 3.21. The normalized spacial score (nSPS) is 14.9. The lowest BCUT2D eigenvalue weighted by Crippen LogP contribution is -2.36. The minimum atomic E-state index is -0.326. The van der Waals surface area contributed by atoms with Crippen molar-refractivity contribution >= 4 is 39.9 Å². The fourth-order valence-electron chi connectivity index (χ4n) is 4.06. The van der Waals surface area contributed by atoms with Gasteiger partial charge in [0.1, 0.15) is 0 Å². The van der Waals surface area contributed by atoms with Gasteiger partial charge in [0.05, 0.1) is 22.5 Å². The van der Waals surface area contributed by atoms with Crippen LogP contribution in [-0.4, -0.2) is 48.7 Å². The highest BCUT2D eigenvalue weighted by Crippen LogP contribution is 2.34. The topological polar surface area (TPSA) is 63.6 Å². The van der Waals surface area contributed by atoms with E-state index in [0.717, 1.165) is 26.1 Å². The van der Waals surface area contributed by atoms with Crippen molar-refractivity contribution in [2.75, 3.05) is 33.3 Å². The summed E-state index contributed by atoms with van der Waals surface area (Å²) in [5, 5.41) is 4.42. The van der Waals surface area contributed by atoms with Crippen LogP contribution in [0.5, 0.6) is 5.75 Å². The van der Waals surface area contributed by atoms with Gasteiger partial charge in [-0.05, 0) is 56.4 Å². The molecule has 2 aromatic rings. The summed E-state index contributed by atoms with van der Waals surface area (Å²) in [6.45, 7) is 10.1. The van der Waals surface area contributed by atoms with Gasteiger partial charge in [-0.1, -0.05) is 44.0 Å². The Bertz CT molecular complexity index is 1020. The highest BCUT2D eigenvalue weighted by molar-refractivity contribution is 6.42. The first-order valence-electron chi connectivity index (χ1n) is 10.7. The molecule has 6 nitrogen and oxygen atoms in total. The van der Waals surface area contributed by atoms with Crippen LogP contribution in [0.4, 0.5) is 0 Å². The molecule has 170 valence electrons. The van der Waals surface area contributed by atoms with E-state index in [1.54, 1.807) is 12.1 Å². The molecule has 1 aromatic heterocycles. The van der Waals surface area contributed by atoms with E-state index in [0.29, 0.717) is 34.6 Å². The van der Waals surface area contributed by atoms with Gasteiger partial charge in [0.2, 0.25) is 0 Å². The number of halogens is 2. The number of methoxy groups -OCH3 is 1. The van der Waals surface area contributed by atoms with Crippen molar-refractivity contribution in [3.05, 3.63) is 38.2 Å². The molecule has 3 rings (SSSR count). The van der Waals surface area contributed by atoms with Crippen molar-refractivity contribution in [3.8, 4) is 5.75 Å². The smallest absolute Gasteiger partial charge is 0.271 e. The number of rotatable bonds is 7. The molecule has 1 aromatic carbocycles. The Morgan fingerprint density at radius 1 is 1.13 bits per heavy atom. The van der Waals surface area contributed by atoms with E-state index in [4.69, 9.17) is 27.9 Å². The molecule has 0 bridgehead atoms. The standard InChI is InChI=1S/C23H31Cl2N3O3/c1-23(2,3)14-28-19(21(29)26-8-7-11-27-9-5-6-10-27)20(31-4)15-12-17(24)18(25)13-16(15)22(28)30/h12-13H,5-11,14H2,1-4H3,(H,26,29). The Kier molecular flexibility index (Phi) is 7.55. The first-order valence-corrected chi connectivity index (χ1v) is 11.5. The second kappa shape index (κ2) is 9.80. The zero-order chi connectivity index (χ0) is 22.8. The quantitative estimate of drug-likeness (QED) is 0.605. The van der Waals surface area contributed by atoms with Crippen LogP contribution in [0.2, 0.25) is 10.0 Å². The fraction of sp³-hybridized carbons (Fsp3) is 0.565. The van der Waals surface area contributed by atoms with E-state index < -0.39 is 0 Å². The van der Waals surface area contributed by atoms with Crippen molar-refractivity contribution in [1.82, 2.24) is 14.8 Å². The summed E-state index contributed by atoms with van der Waals surface area (Å²) >= 11 is 12.4. The highest BCUT2D eigenvalue weighted by Gasteiger charge is 2.26. The lowest BCUT2D eigenvalue weighted by atomic mass is 9.96. The van der Waals surface area contributed by atoms with E-state index in [9.17, 15) is 9.59 Å². The SMILES string of the molecule is COc1c(C(=O)NCCCN2CCCC2)n(CC(C)(C)C)c(=O)c2cc(Cl)c(Cl)cc12. The maximum absolute atomic E-state index is 13.4. The zero-order valence-electron chi connectivity index (χ0n) is 18.7. The Labute approximate surface area is 193 Å². The van der Waals surface area contributed by atoms with Gasteiger partial charge >= 0.3 is 0 Å². The van der Waals surface area contributed by atoms with Crippen molar-refractivity contribution in [3.63, 3.8) is 0 Å². The second-order valence-electron chi connectivity index (χ2n) is 9.30. The van der Waals surface area contributed by atoms with E-state index >= 15 is 0 Å². The minimum Gasteiger partial charge on any atom is -0.494 e. The molecule has 0 unspecified atom stereocenters. The number of nitrogens with zero attached hydrogens (tertiary/aromatic N) is 2. The summed E-state index contributed by atoms with van der Waals surface area (Å²) in [7, 11) is 1.49. The number of benzene rings is 1. The molecule has 1 fully saturated rings. The number of hydrogen-bond acceptors (Lipinski definition) is 4. The van der Waals surface area contributed by atoms with Crippen LogP contribution < -0.4 is 15.6 Å². The molecule has 0 saturated carbocycles. The largest absolute Gasteiger partial charge is 0.494 e. The molecule has 0 atom stereocenters. The third kappa shape index (κ3) is 5.54. The van der Waals surface area contributed by atoms with E-state index in [2.05, 4.69) is 10.2 Å². The summed E-state index contributed by atoms with van der Waals surface area (Å²) < 4.78 is 7.14. The average molecular weight is 468 g/mol. The number of fused-ring (bicyclic) bond motifs is 1. The van der Waals surface area contributed by atoms with Crippen LogP contribution in [-0.2, 0) is 6.54 Å². The monoisotopic (exact) mass is 467 g/mol. The minimum absolute atomic E-state index is 0.217. The zero-order valence-corrected chi connectivity index (χ0v) is 20.2. The van der Waals surface area contributed by atoms with E-state index in [-0.39, 0.29) is 27.6 Å². The molecule has 2 heterocycles. The first kappa shape index (κ1) is 23.9. The Morgan fingerprint density at radius 3 is 2.32 bits per heavy atom. The molecule has 8 heteroatoms. The molecule has 0 aliphatic carbocycles. The predicted molar refractivity (Wildman–Crippen MR) is 127 cm³/mol. The van der Waals surface area contributed by atoms with Gasteiger partial charge in [-0.15, -0.1) is 0 Å². The van der Waals surface area contributed by atoms with Gasteiger partial charge in [-0.2, -0.15) is 0 Å². The molecule has 0 radical (unpaired) electrons. The maximum Gasteiger partial charge on any atom is 0.271 e. The molecule has 1 N–H and O–H groups in total. The molecule has 1 aliphatic heterocycles. The summed E-state index contributed by atoms with van der Waals surface area (Å²) in [5.74, 6) is 0.00190. The van der Waals surface area contributed by atoms with Gasteiger partial charge in [-0.3, -0.25) is 14.2 Å². The predicted octanol–water partition coefficient (Wildman–Crippen LogP) is 4.58. The number of amides is 1. The lowest BCUT2D eigenvalue weighted by Gasteiger charge is -2.24. The van der Waals surface area contributed by atoms with E-state index in [1.807, 2.05) is 20.8 Å². The van der Waals surface area contributed by atoms with Crippen molar-refractivity contribution < 1.29 is 9.53 Å². The van der Waals surface area contributed by atoms with Gasteiger partial charge < -0.3 is 15.0 Å². The number of aromatic nitrogens is 1. The molecule has 0 spiro atoms. The van der Waals surface area contributed by atoms with Crippen LogP contribution in [0.25, 0.3) is 10.8 Å². The Balaban J connectivity index is 2.00. The van der Waals surface area contributed by atoms with E-state index in [1.165, 1.54) is 24.5 Å². The number of carbonyl (C=O) groups is 1. The number of ether oxygens (including phenoxy) is 1. The lowest BCUT2D eigenvalue weighted by molar-refractivity contribution is 0.0935. The van der Waals surface area contributed by atoms with Gasteiger partial charge in [0, 0.05) is 18.5 Å². The highest BCUT2D eigenvalue weighted by atomic mass is 35.5. The molecule has 31 heavy (non-hydrogen) atoms. The number of carbonyl (C=O) groups excluding carboxylic acids is 1. The van der Waals surface area contributed by atoms with Crippen molar-refractivity contribution in [2.45, 2.75) is 46.6 Å². The maximum atomic E-state index is 13.4. The Morgan fingerprint density at radius 2 is 1.74 bits per heavy atom. The fourth-order valence-corrected chi connectivity index (χ4v) is 4.39. The van der Waals surface area contributed by atoms with Gasteiger partial charge in [0.15, 0.2) is 11.4 Å². The second-order valence-corrected chi connectivity index (χ2v) is 10.1. The van der Waals surface area contributed by atoms with Crippen LogP contribution in [0.3, 0.4) is 0 Å². The molecular formula is C23H31Cl2N3O3. The summed E-state index contributed by atoms with van der Waals surface area (Å²) in [4.78, 5) is 29.0. The van der Waals surface area contributed by atoms with Gasteiger partial charge in [0.25, 0.3) is 11.5 Å². The third-order valence-corrected chi connectivity index (χ3v) is 6.17. The summed E-state index contributed by atoms with van der Waals surface area (Å²) in [6, 6.07) is 3.13. The molecular weight excluding hydrogens is 437 g/mol. The number of likely N-dealkylation sites (tertiary alicyclic amines) is 1. The van der Waals surface area contributed by atoms with Crippen LogP contribution in [0.1, 0.15) is 50.5 Å². The summed E-state index contributed by atoms with van der Waals surface area (Å²) in [6.07, 6.45) is 3.34. The van der Waals surface area contributed by atoms with Crippen molar-refractivity contribution in [2.24, 2.45) is 5.41 Å². The number of hydrogen-bond donors (Lipinski definition) is 1. The number of nitrogens with one attached hydrogen (secondary N) is 1.